The van der Waals surface area contributed by atoms with Crippen LogP contribution in [0.25, 0.3) is 5.70 Å². The van der Waals surface area contributed by atoms with Gasteiger partial charge in [-0.3, -0.25) is 4.99 Å². The van der Waals surface area contributed by atoms with E-state index in [1.54, 1.807) is 25.1 Å². The highest BCUT2D eigenvalue weighted by atomic mass is 35.5. The van der Waals surface area contributed by atoms with Crippen LogP contribution in [0, 0.1) is 0 Å². The molecule has 0 bridgehead atoms. The van der Waals surface area contributed by atoms with Gasteiger partial charge < -0.3 is 15.2 Å². The Morgan fingerprint density at radius 2 is 2.20 bits per heavy atom. The Morgan fingerprint density at radius 1 is 1.50 bits per heavy atom. The van der Waals surface area contributed by atoms with Crippen LogP contribution < -0.4 is 5.32 Å². The lowest BCUT2D eigenvalue weighted by Gasteiger charge is -2.14. The highest BCUT2D eigenvalue weighted by Gasteiger charge is 2.27. The molecule has 1 aliphatic rings. The van der Waals surface area contributed by atoms with E-state index in [0.29, 0.717) is 29.3 Å². The number of hydrogen-bond donors (Lipinski definition) is 2. The van der Waals surface area contributed by atoms with Gasteiger partial charge in [0, 0.05) is 5.56 Å². The third kappa shape index (κ3) is 2.77. The molecule has 1 aromatic carbocycles. The Bertz CT molecular complexity index is 596. The summed E-state index contributed by atoms with van der Waals surface area (Å²) in [6, 6.07) is 6.16. The molecule has 0 spiro atoms. The fraction of sp³-hybridized carbons (Fsp3) is 0.286. The van der Waals surface area contributed by atoms with E-state index < -0.39 is 12.0 Å². The first-order chi connectivity index (χ1) is 9.54. The molecular weight excluding hydrogens is 280 g/mol. The van der Waals surface area contributed by atoms with E-state index in [2.05, 4.69) is 10.3 Å². The normalized spacial score (nSPS) is 20.1. The second-order valence-corrected chi connectivity index (χ2v) is 4.59. The Morgan fingerprint density at radius 3 is 2.85 bits per heavy atom. The van der Waals surface area contributed by atoms with Gasteiger partial charge in [-0.05, 0) is 31.0 Å². The number of aliphatic carboxylic acids is 1. The molecule has 0 radical (unpaired) electrons. The standard InChI is InChI=1S/C14H15ClN2O3/c1-3-20-13(15)11-9-6-4-5-7-10(9)12(14(18)19)17-8(2)16-11/h4-7,12H,3H2,1-2H3,(H,16,17)(H,18,19). The van der Waals surface area contributed by atoms with Gasteiger partial charge in [-0.2, -0.15) is 0 Å². The van der Waals surface area contributed by atoms with Crippen molar-refractivity contribution >= 4 is 29.1 Å². The molecule has 1 heterocycles. The minimum absolute atomic E-state index is 0.195. The Labute approximate surface area is 121 Å². The van der Waals surface area contributed by atoms with Crippen LogP contribution in [0.2, 0.25) is 0 Å². The van der Waals surface area contributed by atoms with Crippen LogP contribution in [-0.2, 0) is 9.53 Å². The summed E-state index contributed by atoms with van der Waals surface area (Å²) in [5, 5.41) is 12.5. The number of nitrogens with zero attached hydrogens (tertiary/aromatic N) is 1. The fourth-order valence-corrected chi connectivity index (χ4v) is 2.31. The topological polar surface area (TPSA) is 70.9 Å². The molecule has 2 N–H and O–H groups in total. The molecular formula is C14H15ClN2O3. The zero-order valence-electron chi connectivity index (χ0n) is 11.2. The molecule has 1 unspecified atom stereocenters. The predicted octanol–water partition coefficient (Wildman–Crippen LogP) is 2.74. The van der Waals surface area contributed by atoms with Gasteiger partial charge >= 0.3 is 5.97 Å². The van der Waals surface area contributed by atoms with Gasteiger partial charge in [0.15, 0.2) is 6.04 Å². The van der Waals surface area contributed by atoms with Crippen molar-refractivity contribution in [2.24, 2.45) is 4.99 Å². The predicted molar refractivity (Wildman–Crippen MR) is 77.5 cm³/mol. The molecule has 0 saturated carbocycles. The van der Waals surface area contributed by atoms with E-state index >= 15 is 0 Å². The summed E-state index contributed by atoms with van der Waals surface area (Å²) in [5.41, 5.74) is 1.80. The minimum atomic E-state index is -1.01. The lowest BCUT2D eigenvalue weighted by atomic mass is 9.99. The number of ether oxygens (including phenoxy) is 1. The average molecular weight is 295 g/mol. The van der Waals surface area contributed by atoms with Crippen molar-refractivity contribution < 1.29 is 14.6 Å². The summed E-state index contributed by atoms with van der Waals surface area (Å²) in [6.07, 6.45) is 0. The molecule has 0 amide bonds. The lowest BCUT2D eigenvalue weighted by Crippen LogP contribution is -2.19. The smallest absolute Gasteiger partial charge is 0.333 e. The summed E-state index contributed by atoms with van der Waals surface area (Å²) in [5.74, 6) is -0.533. The van der Waals surface area contributed by atoms with Gasteiger partial charge in [-0.25, -0.2) is 4.79 Å². The second-order valence-electron chi connectivity index (χ2n) is 4.25. The van der Waals surface area contributed by atoms with E-state index in [-0.39, 0.29) is 5.22 Å². The molecule has 1 aromatic rings. The van der Waals surface area contributed by atoms with Crippen LogP contribution in [0.4, 0.5) is 0 Å². The van der Waals surface area contributed by atoms with Crippen LogP contribution in [0.1, 0.15) is 31.0 Å². The maximum absolute atomic E-state index is 11.4. The van der Waals surface area contributed by atoms with Crippen LogP contribution in [0.15, 0.2) is 34.5 Å². The number of nitrogens with one attached hydrogen (secondary N) is 1. The van der Waals surface area contributed by atoms with Gasteiger partial charge in [-0.15, -0.1) is 0 Å². The molecule has 1 aliphatic heterocycles. The monoisotopic (exact) mass is 294 g/mol. The number of carbonyl (C=O) groups is 1. The number of rotatable bonds is 3. The van der Waals surface area contributed by atoms with E-state index in [0.717, 1.165) is 0 Å². The summed E-state index contributed by atoms with van der Waals surface area (Å²) < 4.78 is 5.32. The average Bonchev–Trinajstić information content (AvgIpc) is 2.56. The number of carboxylic acids is 1. The van der Waals surface area contributed by atoms with Gasteiger partial charge in [0.05, 0.1) is 12.4 Å². The number of fused-ring (bicyclic) bond motifs is 1. The van der Waals surface area contributed by atoms with E-state index in [9.17, 15) is 9.90 Å². The Kier molecular flexibility index (Phi) is 4.29. The van der Waals surface area contributed by atoms with E-state index in [4.69, 9.17) is 16.3 Å². The number of hydrogen-bond acceptors (Lipinski definition) is 4. The molecule has 0 aliphatic carbocycles. The fourth-order valence-electron chi connectivity index (χ4n) is 2.05. The maximum Gasteiger partial charge on any atom is 0.333 e. The molecule has 2 rings (SSSR count). The molecule has 6 heteroatoms. The van der Waals surface area contributed by atoms with Gasteiger partial charge in [0.25, 0.3) is 0 Å². The summed E-state index contributed by atoms with van der Waals surface area (Å²) in [6.45, 7) is 3.94. The Balaban J connectivity index is 2.64. The van der Waals surface area contributed by atoms with Gasteiger partial charge in [0.2, 0.25) is 5.22 Å². The zero-order valence-corrected chi connectivity index (χ0v) is 11.9. The molecule has 106 valence electrons. The third-order valence-electron chi connectivity index (χ3n) is 2.85. The largest absolute Gasteiger partial charge is 0.482 e. The number of carboxylic acid groups (broad SMARTS) is 1. The van der Waals surface area contributed by atoms with Crippen molar-refractivity contribution in [2.75, 3.05) is 6.61 Å². The van der Waals surface area contributed by atoms with Crippen molar-refractivity contribution in [2.45, 2.75) is 19.9 Å². The SMILES string of the molecule is CCOC(Cl)=C1NC(C)=NC(C(=O)O)c2ccccc21. The second kappa shape index (κ2) is 5.96. The third-order valence-corrected chi connectivity index (χ3v) is 3.15. The molecule has 20 heavy (non-hydrogen) atoms. The van der Waals surface area contributed by atoms with E-state index in [1.165, 1.54) is 0 Å². The highest BCUT2D eigenvalue weighted by molar-refractivity contribution is 6.31. The number of halogens is 1. The number of aliphatic imine (C=N–C) groups is 1. The Hall–Kier alpha value is -2.01. The van der Waals surface area contributed by atoms with Crippen molar-refractivity contribution in [1.82, 2.24) is 5.32 Å². The highest BCUT2D eigenvalue weighted by Crippen LogP contribution is 2.31. The van der Waals surface area contributed by atoms with Crippen molar-refractivity contribution in [3.8, 4) is 0 Å². The molecule has 1 atom stereocenters. The van der Waals surface area contributed by atoms with E-state index in [1.807, 2.05) is 13.0 Å². The van der Waals surface area contributed by atoms with Gasteiger partial charge in [0.1, 0.15) is 5.70 Å². The van der Waals surface area contributed by atoms with Crippen LogP contribution in [0.5, 0.6) is 0 Å². The summed E-state index contributed by atoms with van der Waals surface area (Å²) in [7, 11) is 0. The van der Waals surface area contributed by atoms with Crippen molar-refractivity contribution in [3.63, 3.8) is 0 Å². The van der Waals surface area contributed by atoms with Crippen LogP contribution in [-0.4, -0.2) is 23.5 Å². The maximum atomic E-state index is 11.4. The number of benzene rings is 1. The van der Waals surface area contributed by atoms with Crippen LogP contribution in [0.3, 0.4) is 0 Å². The first kappa shape index (κ1) is 14.4. The first-order valence-electron chi connectivity index (χ1n) is 6.20. The first-order valence-corrected chi connectivity index (χ1v) is 6.58. The lowest BCUT2D eigenvalue weighted by molar-refractivity contribution is -0.138. The molecule has 0 saturated heterocycles. The van der Waals surface area contributed by atoms with Crippen molar-refractivity contribution in [1.29, 1.82) is 0 Å². The minimum Gasteiger partial charge on any atom is -0.482 e. The van der Waals surface area contributed by atoms with Crippen molar-refractivity contribution in [3.05, 3.63) is 40.6 Å². The summed E-state index contributed by atoms with van der Waals surface area (Å²) in [4.78, 5) is 15.6. The van der Waals surface area contributed by atoms with Crippen LogP contribution >= 0.6 is 11.6 Å². The summed E-state index contributed by atoms with van der Waals surface area (Å²) >= 11 is 6.15. The quantitative estimate of drug-likeness (QED) is 0.841. The molecule has 0 fully saturated rings. The zero-order chi connectivity index (χ0) is 14.7. The molecule has 0 aromatic heterocycles. The number of amidine groups is 1. The van der Waals surface area contributed by atoms with Gasteiger partial charge in [-0.1, -0.05) is 24.3 Å². The molecule has 5 nitrogen and oxygen atoms in total.